The molecule has 3 heteroatoms. The molecule has 0 aromatic heterocycles. The number of β-amino-alcohol motifs (C(OH)–C–C–N with tert-alkyl or cyclic N) is 1. The van der Waals surface area contributed by atoms with Crippen LogP contribution in [0.25, 0.3) is 0 Å². The minimum absolute atomic E-state index is 0.370. The molecule has 3 nitrogen and oxygen atoms in total. The summed E-state index contributed by atoms with van der Waals surface area (Å²) in [6.45, 7) is 7.14. The van der Waals surface area contributed by atoms with Gasteiger partial charge in [-0.3, -0.25) is 0 Å². The molecule has 1 aliphatic rings. The van der Waals surface area contributed by atoms with Crippen molar-refractivity contribution in [2.75, 3.05) is 33.7 Å². The van der Waals surface area contributed by atoms with Gasteiger partial charge < -0.3 is 14.9 Å². The number of aryl methyl sites for hydroxylation is 2. The van der Waals surface area contributed by atoms with Gasteiger partial charge in [-0.15, -0.1) is 0 Å². The molecule has 1 saturated heterocycles. The molecule has 1 N–H and O–H groups in total. The minimum atomic E-state index is -0.370. The van der Waals surface area contributed by atoms with Crippen molar-refractivity contribution in [2.45, 2.75) is 38.8 Å². The van der Waals surface area contributed by atoms with Gasteiger partial charge in [-0.1, -0.05) is 18.2 Å². The lowest BCUT2D eigenvalue weighted by Crippen LogP contribution is -2.43. The predicted molar refractivity (Wildman–Crippen MR) is 84.0 cm³/mol. The maximum Gasteiger partial charge on any atom is 0.0917 e. The number of piperidine rings is 1. The first kappa shape index (κ1) is 15.5. The van der Waals surface area contributed by atoms with Gasteiger partial charge in [0.15, 0.2) is 0 Å². The minimum Gasteiger partial charge on any atom is -0.387 e. The molecule has 1 fully saturated rings. The van der Waals surface area contributed by atoms with E-state index >= 15 is 0 Å². The third-order valence-electron chi connectivity index (χ3n) is 4.63. The van der Waals surface area contributed by atoms with E-state index in [1.807, 2.05) is 0 Å². The zero-order valence-corrected chi connectivity index (χ0v) is 13.3. The first-order chi connectivity index (χ1) is 9.47. The Labute approximate surface area is 123 Å². The van der Waals surface area contributed by atoms with Gasteiger partial charge >= 0.3 is 0 Å². The highest BCUT2D eigenvalue weighted by Crippen LogP contribution is 2.21. The van der Waals surface area contributed by atoms with Crippen molar-refractivity contribution in [3.63, 3.8) is 0 Å². The van der Waals surface area contributed by atoms with Gasteiger partial charge in [0.05, 0.1) is 6.10 Å². The number of hydrogen-bond donors (Lipinski definition) is 1. The summed E-state index contributed by atoms with van der Waals surface area (Å²) < 4.78 is 0. The fraction of sp³-hybridized carbons (Fsp3) is 0.647. The lowest BCUT2D eigenvalue weighted by molar-refractivity contribution is 0.0798. The third kappa shape index (κ3) is 3.81. The molecule has 1 atom stereocenters. The number of benzene rings is 1. The highest BCUT2D eigenvalue weighted by Gasteiger charge is 2.22. The van der Waals surface area contributed by atoms with E-state index in [0.717, 1.165) is 25.2 Å². The summed E-state index contributed by atoms with van der Waals surface area (Å²) in [6.07, 6.45) is 2.03. The average Bonchev–Trinajstić information content (AvgIpc) is 2.42. The van der Waals surface area contributed by atoms with Crippen molar-refractivity contribution < 1.29 is 5.11 Å². The Morgan fingerprint density at radius 3 is 2.40 bits per heavy atom. The molecule has 1 aromatic carbocycles. The van der Waals surface area contributed by atoms with Crippen LogP contribution in [0.5, 0.6) is 0 Å². The molecule has 1 heterocycles. The van der Waals surface area contributed by atoms with E-state index in [4.69, 9.17) is 0 Å². The van der Waals surface area contributed by atoms with Crippen LogP contribution in [0.2, 0.25) is 0 Å². The van der Waals surface area contributed by atoms with Gasteiger partial charge in [0, 0.05) is 12.6 Å². The Bertz CT molecular complexity index is 437. The van der Waals surface area contributed by atoms with Crippen molar-refractivity contribution in [1.29, 1.82) is 0 Å². The van der Waals surface area contributed by atoms with Crippen molar-refractivity contribution in [3.05, 3.63) is 34.9 Å². The van der Waals surface area contributed by atoms with E-state index in [2.05, 4.69) is 55.9 Å². The summed E-state index contributed by atoms with van der Waals surface area (Å²) in [7, 11) is 4.31. The van der Waals surface area contributed by atoms with E-state index < -0.39 is 0 Å². The van der Waals surface area contributed by atoms with E-state index in [0.29, 0.717) is 6.04 Å². The monoisotopic (exact) mass is 276 g/mol. The van der Waals surface area contributed by atoms with Gasteiger partial charge in [-0.05, 0) is 70.6 Å². The maximum absolute atomic E-state index is 10.4. The molecule has 20 heavy (non-hydrogen) atoms. The fourth-order valence-corrected chi connectivity index (χ4v) is 2.94. The summed E-state index contributed by atoms with van der Waals surface area (Å²) in [5, 5.41) is 10.4. The van der Waals surface area contributed by atoms with Crippen LogP contribution in [0, 0.1) is 13.8 Å². The third-order valence-corrected chi connectivity index (χ3v) is 4.63. The first-order valence-corrected chi connectivity index (χ1v) is 7.61. The zero-order chi connectivity index (χ0) is 14.7. The molecule has 112 valence electrons. The molecule has 2 rings (SSSR count). The Kier molecular flexibility index (Phi) is 5.19. The van der Waals surface area contributed by atoms with Crippen molar-refractivity contribution in [2.24, 2.45) is 0 Å². The first-order valence-electron chi connectivity index (χ1n) is 7.61. The SMILES string of the molecule is Cc1ccc(C(O)CN2CCC(N(C)C)CC2)cc1C. The fourth-order valence-electron chi connectivity index (χ4n) is 2.94. The molecule has 1 aromatic rings. The van der Waals surface area contributed by atoms with E-state index in [9.17, 15) is 5.11 Å². The second kappa shape index (κ2) is 6.70. The van der Waals surface area contributed by atoms with Crippen LogP contribution in [0.15, 0.2) is 18.2 Å². The summed E-state index contributed by atoms with van der Waals surface area (Å²) in [5.41, 5.74) is 3.59. The number of likely N-dealkylation sites (tertiary alicyclic amines) is 1. The lowest BCUT2D eigenvalue weighted by atomic mass is 10.0. The average molecular weight is 276 g/mol. The van der Waals surface area contributed by atoms with Gasteiger partial charge in [0.2, 0.25) is 0 Å². The molecule has 0 spiro atoms. The van der Waals surface area contributed by atoms with Crippen molar-refractivity contribution in [3.8, 4) is 0 Å². The normalized spacial score (nSPS) is 19.5. The number of aliphatic hydroxyl groups excluding tert-OH is 1. The van der Waals surface area contributed by atoms with Crippen LogP contribution in [0.3, 0.4) is 0 Å². The van der Waals surface area contributed by atoms with Crippen molar-refractivity contribution in [1.82, 2.24) is 9.80 Å². The van der Waals surface area contributed by atoms with Crippen LogP contribution in [0.1, 0.15) is 35.6 Å². The molecule has 1 unspecified atom stereocenters. The number of rotatable bonds is 4. The Morgan fingerprint density at radius 2 is 1.85 bits per heavy atom. The van der Waals surface area contributed by atoms with Gasteiger partial charge in [0.1, 0.15) is 0 Å². The van der Waals surface area contributed by atoms with E-state index in [-0.39, 0.29) is 6.10 Å². The zero-order valence-electron chi connectivity index (χ0n) is 13.3. The Balaban J connectivity index is 1.89. The largest absolute Gasteiger partial charge is 0.387 e. The summed E-state index contributed by atoms with van der Waals surface area (Å²) >= 11 is 0. The topological polar surface area (TPSA) is 26.7 Å². The van der Waals surface area contributed by atoms with Crippen LogP contribution in [-0.2, 0) is 0 Å². The predicted octanol–water partition coefficient (Wildman–Crippen LogP) is 2.36. The summed E-state index contributed by atoms with van der Waals surface area (Å²) in [4.78, 5) is 4.71. The quantitative estimate of drug-likeness (QED) is 0.914. The highest BCUT2D eigenvalue weighted by atomic mass is 16.3. The smallest absolute Gasteiger partial charge is 0.0917 e. The second-order valence-electron chi connectivity index (χ2n) is 6.35. The summed E-state index contributed by atoms with van der Waals surface area (Å²) in [5.74, 6) is 0. The number of nitrogens with zero attached hydrogens (tertiary/aromatic N) is 2. The lowest BCUT2D eigenvalue weighted by Gasteiger charge is -2.36. The Morgan fingerprint density at radius 1 is 1.20 bits per heavy atom. The van der Waals surface area contributed by atoms with Gasteiger partial charge in [-0.2, -0.15) is 0 Å². The second-order valence-corrected chi connectivity index (χ2v) is 6.35. The molecule has 0 aliphatic carbocycles. The maximum atomic E-state index is 10.4. The molecule has 0 radical (unpaired) electrons. The number of hydrogen-bond acceptors (Lipinski definition) is 3. The van der Waals surface area contributed by atoms with Crippen LogP contribution in [-0.4, -0.2) is 54.7 Å². The molecule has 1 aliphatic heterocycles. The number of aliphatic hydroxyl groups is 1. The van der Waals surface area contributed by atoms with Crippen molar-refractivity contribution >= 4 is 0 Å². The molecule has 0 amide bonds. The van der Waals surface area contributed by atoms with E-state index in [1.165, 1.54) is 24.0 Å². The molecular formula is C17H28N2O. The van der Waals surface area contributed by atoms with Gasteiger partial charge in [0.25, 0.3) is 0 Å². The molecule has 0 bridgehead atoms. The standard InChI is InChI=1S/C17H28N2O/c1-13-5-6-15(11-14(13)2)17(20)12-19-9-7-16(8-10-19)18(3)4/h5-6,11,16-17,20H,7-10,12H2,1-4H3. The van der Waals surface area contributed by atoms with Crippen LogP contribution >= 0.6 is 0 Å². The summed E-state index contributed by atoms with van der Waals surface area (Å²) in [6, 6.07) is 6.98. The van der Waals surface area contributed by atoms with Gasteiger partial charge in [-0.25, -0.2) is 0 Å². The van der Waals surface area contributed by atoms with Crippen LogP contribution < -0.4 is 0 Å². The highest BCUT2D eigenvalue weighted by molar-refractivity contribution is 5.31. The molecule has 0 saturated carbocycles. The molecular weight excluding hydrogens is 248 g/mol. The van der Waals surface area contributed by atoms with Crippen LogP contribution in [0.4, 0.5) is 0 Å². The Hall–Kier alpha value is -0.900. The van der Waals surface area contributed by atoms with E-state index in [1.54, 1.807) is 0 Å².